The third kappa shape index (κ3) is 6.03. The van der Waals surface area contributed by atoms with Gasteiger partial charge in [0.15, 0.2) is 18.1 Å². The summed E-state index contributed by atoms with van der Waals surface area (Å²) in [6.45, 7) is -0.151. The molecule has 2 aromatic rings. The number of benzene rings is 2. The molecule has 154 valence electrons. The van der Waals surface area contributed by atoms with E-state index in [0.717, 1.165) is 24.3 Å². The van der Waals surface area contributed by atoms with Crippen molar-refractivity contribution >= 4 is 11.9 Å². The molecule has 0 saturated carbocycles. The van der Waals surface area contributed by atoms with Gasteiger partial charge in [-0.05, 0) is 36.4 Å². The summed E-state index contributed by atoms with van der Waals surface area (Å²) in [7, 11) is 0. The molecule has 0 aromatic heterocycles. The molecular formula is C19H16F3NO6. The molecule has 1 aliphatic rings. The Morgan fingerprint density at radius 2 is 1.76 bits per heavy atom. The summed E-state index contributed by atoms with van der Waals surface area (Å²) in [6.07, 6.45) is -5.22. The molecule has 0 fully saturated rings. The molecule has 0 unspecified atom stereocenters. The molecule has 3 rings (SSSR count). The summed E-state index contributed by atoms with van der Waals surface area (Å²) in [5.41, 5.74) is -0.0204. The van der Waals surface area contributed by atoms with Crippen LogP contribution in [0.5, 0.6) is 17.2 Å². The minimum absolute atomic E-state index is 0.0204. The number of para-hydroxylation sites is 2. The van der Waals surface area contributed by atoms with Gasteiger partial charge in [-0.1, -0.05) is 12.1 Å². The Hall–Kier alpha value is -3.43. The van der Waals surface area contributed by atoms with Crippen LogP contribution in [0.4, 0.5) is 13.2 Å². The highest BCUT2D eigenvalue weighted by Gasteiger charge is 2.31. The molecule has 0 aliphatic carbocycles. The SMILES string of the molecule is O=C(COC(=O)c1ccc(OC(F)(F)F)cc1)NC[C@@H]1COc2ccccc2O1. The van der Waals surface area contributed by atoms with Crippen molar-refractivity contribution in [2.75, 3.05) is 19.8 Å². The van der Waals surface area contributed by atoms with E-state index in [1.165, 1.54) is 0 Å². The molecule has 10 heteroatoms. The Morgan fingerprint density at radius 1 is 1.07 bits per heavy atom. The highest BCUT2D eigenvalue weighted by molar-refractivity contribution is 5.91. The van der Waals surface area contributed by atoms with Crippen molar-refractivity contribution in [2.24, 2.45) is 0 Å². The Morgan fingerprint density at radius 3 is 2.45 bits per heavy atom. The van der Waals surface area contributed by atoms with Crippen LogP contribution in [0.3, 0.4) is 0 Å². The van der Waals surface area contributed by atoms with Gasteiger partial charge in [0, 0.05) is 0 Å². The van der Waals surface area contributed by atoms with Crippen LogP contribution in [0.25, 0.3) is 0 Å². The number of fused-ring (bicyclic) bond motifs is 1. The van der Waals surface area contributed by atoms with Crippen LogP contribution >= 0.6 is 0 Å². The first kappa shape index (κ1) is 20.3. The predicted molar refractivity (Wildman–Crippen MR) is 92.8 cm³/mol. The standard InChI is InChI=1S/C19H16F3NO6/c20-19(21,22)29-13-7-5-12(6-8-13)18(25)27-11-17(24)23-9-14-10-26-15-3-1-2-4-16(15)28-14/h1-8,14H,9-11H2,(H,23,24)/t14-/m1/s1. The van der Waals surface area contributed by atoms with Gasteiger partial charge >= 0.3 is 12.3 Å². The van der Waals surface area contributed by atoms with Crippen molar-refractivity contribution in [1.82, 2.24) is 5.32 Å². The Kier molecular flexibility index (Phi) is 6.10. The lowest BCUT2D eigenvalue weighted by Gasteiger charge is -2.26. The summed E-state index contributed by atoms with van der Waals surface area (Å²) >= 11 is 0. The molecule has 0 radical (unpaired) electrons. The predicted octanol–water partition coefficient (Wildman–Crippen LogP) is 2.70. The number of nitrogens with one attached hydrogen (secondary N) is 1. The fourth-order valence-corrected chi connectivity index (χ4v) is 2.45. The van der Waals surface area contributed by atoms with Crippen LogP contribution in [-0.2, 0) is 9.53 Å². The topological polar surface area (TPSA) is 83.1 Å². The number of alkyl halides is 3. The molecule has 1 atom stereocenters. The van der Waals surface area contributed by atoms with Crippen LogP contribution in [-0.4, -0.2) is 44.1 Å². The molecule has 1 aliphatic heterocycles. The number of halogens is 3. The lowest BCUT2D eigenvalue weighted by molar-refractivity contribution is -0.274. The normalized spacial score (nSPS) is 15.3. The highest BCUT2D eigenvalue weighted by Crippen LogP contribution is 2.30. The molecule has 0 bridgehead atoms. The lowest BCUT2D eigenvalue weighted by Crippen LogP contribution is -2.42. The maximum atomic E-state index is 12.1. The van der Waals surface area contributed by atoms with Crippen LogP contribution in [0.15, 0.2) is 48.5 Å². The first-order valence-electron chi connectivity index (χ1n) is 8.48. The zero-order chi connectivity index (χ0) is 20.9. The van der Waals surface area contributed by atoms with Crippen molar-refractivity contribution in [2.45, 2.75) is 12.5 Å². The Balaban J connectivity index is 1.41. The molecule has 0 saturated heterocycles. The van der Waals surface area contributed by atoms with Crippen molar-refractivity contribution in [3.05, 3.63) is 54.1 Å². The number of hydrogen-bond acceptors (Lipinski definition) is 6. The quantitative estimate of drug-likeness (QED) is 0.736. The van der Waals surface area contributed by atoms with Crippen molar-refractivity contribution in [1.29, 1.82) is 0 Å². The second kappa shape index (κ2) is 8.72. The average molecular weight is 411 g/mol. The van der Waals surface area contributed by atoms with E-state index in [9.17, 15) is 22.8 Å². The molecule has 29 heavy (non-hydrogen) atoms. The van der Waals surface area contributed by atoms with E-state index in [2.05, 4.69) is 10.1 Å². The number of carbonyl (C=O) groups excluding carboxylic acids is 2. The third-order valence-corrected chi connectivity index (χ3v) is 3.75. The van der Waals surface area contributed by atoms with E-state index < -0.39 is 36.7 Å². The number of amides is 1. The minimum atomic E-state index is -4.82. The zero-order valence-corrected chi connectivity index (χ0v) is 14.9. The molecule has 1 heterocycles. The first-order valence-corrected chi connectivity index (χ1v) is 8.48. The van der Waals surface area contributed by atoms with E-state index in [1.54, 1.807) is 18.2 Å². The fraction of sp³-hybridized carbons (Fsp3) is 0.263. The highest BCUT2D eigenvalue weighted by atomic mass is 19.4. The minimum Gasteiger partial charge on any atom is -0.486 e. The maximum Gasteiger partial charge on any atom is 0.573 e. The van der Waals surface area contributed by atoms with Crippen LogP contribution in [0.2, 0.25) is 0 Å². The number of rotatable bonds is 6. The number of esters is 1. The number of ether oxygens (including phenoxy) is 4. The van der Waals surface area contributed by atoms with Gasteiger partial charge in [-0.2, -0.15) is 0 Å². The van der Waals surface area contributed by atoms with Gasteiger partial charge in [-0.15, -0.1) is 13.2 Å². The second-order valence-corrected chi connectivity index (χ2v) is 5.95. The van der Waals surface area contributed by atoms with Crippen LogP contribution in [0, 0.1) is 0 Å². The lowest BCUT2D eigenvalue weighted by atomic mass is 10.2. The summed E-state index contributed by atoms with van der Waals surface area (Å²) in [4.78, 5) is 23.7. The van der Waals surface area contributed by atoms with Crippen molar-refractivity contribution in [3.63, 3.8) is 0 Å². The smallest absolute Gasteiger partial charge is 0.486 e. The van der Waals surface area contributed by atoms with Gasteiger partial charge in [0.25, 0.3) is 5.91 Å². The van der Waals surface area contributed by atoms with E-state index in [1.807, 2.05) is 6.07 Å². The molecular weight excluding hydrogens is 395 g/mol. The van der Waals surface area contributed by atoms with Crippen molar-refractivity contribution in [3.8, 4) is 17.2 Å². The third-order valence-electron chi connectivity index (χ3n) is 3.75. The van der Waals surface area contributed by atoms with Gasteiger partial charge in [-0.25, -0.2) is 4.79 Å². The van der Waals surface area contributed by atoms with Gasteiger partial charge in [-0.3, -0.25) is 4.79 Å². The summed E-state index contributed by atoms with van der Waals surface area (Å²) in [5, 5.41) is 2.56. The van der Waals surface area contributed by atoms with Gasteiger partial charge in [0.2, 0.25) is 0 Å². The molecule has 1 amide bonds. The summed E-state index contributed by atoms with van der Waals surface area (Å²) in [6, 6.07) is 11.3. The van der Waals surface area contributed by atoms with E-state index in [-0.39, 0.29) is 18.7 Å². The largest absolute Gasteiger partial charge is 0.573 e. The van der Waals surface area contributed by atoms with E-state index in [4.69, 9.17) is 14.2 Å². The Bertz CT molecular complexity index is 869. The van der Waals surface area contributed by atoms with Crippen molar-refractivity contribution < 1.29 is 41.7 Å². The molecule has 2 aromatic carbocycles. The molecule has 7 nitrogen and oxygen atoms in total. The summed E-state index contributed by atoms with van der Waals surface area (Å²) < 4.78 is 56.1. The molecule has 1 N–H and O–H groups in total. The van der Waals surface area contributed by atoms with Gasteiger partial charge in [0.1, 0.15) is 18.5 Å². The number of carbonyl (C=O) groups is 2. The maximum absolute atomic E-state index is 12.1. The fourth-order valence-electron chi connectivity index (χ4n) is 2.45. The van der Waals surface area contributed by atoms with Gasteiger partial charge < -0.3 is 24.3 Å². The van der Waals surface area contributed by atoms with E-state index in [0.29, 0.717) is 11.5 Å². The first-order chi connectivity index (χ1) is 13.8. The summed E-state index contributed by atoms with van der Waals surface area (Å²) in [5.74, 6) is -0.691. The second-order valence-electron chi connectivity index (χ2n) is 5.95. The van der Waals surface area contributed by atoms with E-state index >= 15 is 0 Å². The van der Waals surface area contributed by atoms with Crippen LogP contribution in [0.1, 0.15) is 10.4 Å². The average Bonchev–Trinajstić information content (AvgIpc) is 2.69. The number of hydrogen-bond donors (Lipinski definition) is 1. The zero-order valence-electron chi connectivity index (χ0n) is 14.9. The van der Waals surface area contributed by atoms with Crippen LogP contribution < -0.4 is 19.5 Å². The Labute approximate surface area is 163 Å². The molecule has 0 spiro atoms. The monoisotopic (exact) mass is 411 g/mol. The van der Waals surface area contributed by atoms with Gasteiger partial charge in [0.05, 0.1) is 12.1 Å².